The maximum atomic E-state index is 11.6. The maximum absolute atomic E-state index is 11.6. The van der Waals surface area contributed by atoms with Crippen LogP contribution in [0.3, 0.4) is 0 Å². The molecule has 6 heteroatoms. The lowest BCUT2D eigenvalue weighted by atomic mass is 10.1. The summed E-state index contributed by atoms with van der Waals surface area (Å²) in [7, 11) is -0.946. The second kappa shape index (κ2) is 6.47. The highest BCUT2D eigenvalue weighted by atomic mass is 32.2. The van der Waals surface area contributed by atoms with Gasteiger partial charge >= 0.3 is 0 Å². The fraction of sp³-hybridized carbons (Fsp3) is 0.286. The standard InChI is InChI=1S/C14H17N3O2S/c1-11(18)16-13-8-15-17(9-13)14(10-20(2)19)12-6-4-3-5-7-12/h3-9,14H,10H2,1-2H3,(H,16,18). The number of hydrogen-bond acceptors (Lipinski definition) is 3. The van der Waals surface area contributed by atoms with E-state index in [1.165, 1.54) is 6.92 Å². The molecule has 5 nitrogen and oxygen atoms in total. The summed E-state index contributed by atoms with van der Waals surface area (Å²) in [6.45, 7) is 1.45. The van der Waals surface area contributed by atoms with E-state index in [4.69, 9.17) is 0 Å². The summed E-state index contributed by atoms with van der Waals surface area (Å²) in [5.41, 5.74) is 1.68. The third kappa shape index (κ3) is 3.77. The van der Waals surface area contributed by atoms with Gasteiger partial charge in [-0.25, -0.2) is 0 Å². The van der Waals surface area contributed by atoms with Crippen molar-refractivity contribution < 1.29 is 9.00 Å². The minimum absolute atomic E-state index is 0.107. The highest BCUT2D eigenvalue weighted by Gasteiger charge is 2.16. The molecule has 2 rings (SSSR count). The highest BCUT2D eigenvalue weighted by molar-refractivity contribution is 7.84. The van der Waals surface area contributed by atoms with Gasteiger partial charge in [-0.1, -0.05) is 30.3 Å². The largest absolute Gasteiger partial charge is 0.324 e. The van der Waals surface area contributed by atoms with Crippen LogP contribution in [-0.2, 0) is 15.6 Å². The molecule has 0 bridgehead atoms. The number of nitrogens with zero attached hydrogens (tertiary/aromatic N) is 2. The molecule has 0 aliphatic heterocycles. The Morgan fingerprint density at radius 3 is 2.70 bits per heavy atom. The molecule has 1 N–H and O–H groups in total. The van der Waals surface area contributed by atoms with Gasteiger partial charge in [-0.2, -0.15) is 5.10 Å². The molecule has 106 valence electrons. The van der Waals surface area contributed by atoms with E-state index in [1.807, 2.05) is 30.3 Å². The van der Waals surface area contributed by atoms with Gasteiger partial charge in [-0.05, 0) is 5.56 Å². The number of rotatable bonds is 5. The zero-order valence-corrected chi connectivity index (χ0v) is 12.3. The number of hydrogen-bond donors (Lipinski definition) is 1. The molecule has 0 saturated heterocycles. The van der Waals surface area contributed by atoms with Gasteiger partial charge in [0.2, 0.25) is 5.91 Å². The van der Waals surface area contributed by atoms with Crippen LogP contribution in [0.15, 0.2) is 42.7 Å². The fourth-order valence-electron chi connectivity index (χ4n) is 2.00. The monoisotopic (exact) mass is 291 g/mol. The first-order valence-electron chi connectivity index (χ1n) is 6.23. The number of carbonyl (C=O) groups excluding carboxylic acids is 1. The van der Waals surface area contributed by atoms with Crippen molar-refractivity contribution in [3.05, 3.63) is 48.3 Å². The summed E-state index contributed by atoms with van der Waals surface area (Å²) >= 11 is 0. The van der Waals surface area contributed by atoms with Gasteiger partial charge in [0.1, 0.15) is 0 Å². The van der Waals surface area contributed by atoms with Crippen molar-refractivity contribution in [2.24, 2.45) is 0 Å². The third-order valence-corrected chi connectivity index (χ3v) is 3.60. The van der Waals surface area contributed by atoms with Crippen molar-refractivity contribution in [3.63, 3.8) is 0 Å². The maximum Gasteiger partial charge on any atom is 0.221 e. The zero-order chi connectivity index (χ0) is 14.5. The van der Waals surface area contributed by atoms with E-state index in [0.29, 0.717) is 11.4 Å². The molecule has 0 fully saturated rings. The number of carbonyl (C=O) groups is 1. The first-order valence-corrected chi connectivity index (χ1v) is 7.95. The average molecular weight is 291 g/mol. The summed E-state index contributed by atoms with van der Waals surface area (Å²) in [6, 6.07) is 9.69. The van der Waals surface area contributed by atoms with Crippen LogP contribution in [0, 0.1) is 0 Å². The summed E-state index contributed by atoms with van der Waals surface area (Å²) in [4.78, 5) is 11.0. The highest BCUT2D eigenvalue weighted by Crippen LogP contribution is 2.20. The van der Waals surface area contributed by atoms with Crippen LogP contribution in [0.1, 0.15) is 18.5 Å². The van der Waals surface area contributed by atoms with Crippen molar-refractivity contribution in [1.29, 1.82) is 0 Å². The van der Waals surface area contributed by atoms with Crippen molar-refractivity contribution >= 4 is 22.4 Å². The molecule has 0 spiro atoms. The molecule has 1 heterocycles. The van der Waals surface area contributed by atoms with Gasteiger partial charge in [0.15, 0.2) is 0 Å². The molecule has 1 amide bonds. The first kappa shape index (κ1) is 14.5. The SMILES string of the molecule is CC(=O)Nc1cnn(C(CS(C)=O)c2ccccc2)c1. The van der Waals surface area contributed by atoms with Gasteiger partial charge in [-0.15, -0.1) is 0 Å². The predicted molar refractivity (Wildman–Crippen MR) is 80.0 cm³/mol. The van der Waals surface area contributed by atoms with Crippen LogP contribution in [0.2, 0.25) is 0 Å². The Balaban J connectivity index is 2.29. The van der Waals surface area contributed by atoms with E-state index in [2.05, 4.69) is 10.4 Å². The van der Waals surface area contributed by atoms with E-state index < -0.39 is 10.8 Å². The Morgan fingerprint density at radius 2 is 2.10 bits per heavy atom. The molecule has 1 aromatic carbocycles. The quantitative estimate of drug-likeness (QED) is 0.913. The second-order valence-electron chi connectivity index (χ2n) is 4.56. The summed E-state index contributed by atoms with van der Waals surface area (Å²) < 4.78 is 13.3. The van der Waals surface area contributed by atoms with Gasteiger partial charge < -0.3 is 5.32 Å². The van der Waals surface area contributed by atoms with Crippen molar-refractivity contribution in [3.8, 4) is 0 Å². The fourth-order valence-corrected chi connectivity index (χ4v) is 2.79. The Hall–Kier alpha value is -1.95. The van der Waals surface area contributed by atoms with Crippen molar-refractivity contribution in [2.45, 2.75) is 13.0 Å². The lowest BCUT2D eigenvalue weighted by Gasteiger charge is -2.16. The van der Waals surface area contributed by atoms with E-state index in [1.54, 1.807) is 23.3 Å². The minimum atomic E-state index is -0.946. The molecule has 1 aromatic heterocycles. The molecule has 0 saturated carbocycles. The van der Waals surface area contributed by atoms with Gasteiger partial charge in [0, 0.05) is 35.9 Å². The first-order chi connectivity index (χ1) is 9.56. The van der Waals surface area contributed by atoms with Crippen molar-refractivity contribution in [1.82, 2.24) is 9.78 Å². The van der Waals surface area contributed by atoms with Gasteiger partial charge in [0.05, 0.1) is 17.9 Å². The normalized spacial score (nSPS) is 13.7. The molecule has 0 radical (unpaired) electrons. The smallest absolute Gasteiger partial charge is 0.221 e. The molecule has 0 aliphatic carbocycles. The molecule has 0 aliphatic rings. The molecular weight excluding hydrogens is 274 g/mol. The lowest BCUT2D eigenvalue weighted by molar-refractivity contribution is -0.114. The second-order valence-corrected chi connectivity index (χ2v) is 6.04. The van der Waals surface area contributed by atoms with Crippen LogP contribution in [-0.4, -0.2) is 31.9 Å². The number of nitrogens with one attached hydrogen (secondary N) is 1. The minimum Gasteiger partial charge on any atom is -0.324 e. The van der Waals surface area contributed by atoms with E-state index in [0.717, 1.165) is 5.56 Å². The lowest BCUT2D eigenvalue weighted by Crippen LogP contribution is -2.18. The van der Waals surface area contributed by atoms with Crippen molar-refractivity contribution in [2.75, 3.05) is 17.3 Å². The van der Waals surface area contributed by atoms with Gasteiger partial charge in [-0.3, -0.25) is 13.7 Å². The Bertz CT molecular complexity index is 610. The molecule has 20 heavy (non-hydrogen) atoms. The van der Waals surface area contributed by atoms with E-state index in [9.17, 15) is 9.00 Å². The number of benzene rings is 1. The topological polar surface area (TPSA) is 64.0 Å². The van der Waals surface area contributed by atoms with Crippen LogP contribution in [0.5, 0.6) is 0 Å². The molecule has 2 unspecified atom stereocenters. The Kier molecular flexibility index (Phi) is 4.68. The van der Waals surface area contributed by atoms with E-state index >= 15 is 0 Å². The van der Waals surface area contributed by atoms with Crippen LogP contribution >= 0.6 is 0 Å². The van der Waals surface area contributed by atoms with Gasteiger partial charge in [0.25, 0.3) is 0 Å². The van der Waals surface area contributed by atoms with Crippen LogP contribution in [0.25, 0.3) is 0 Å². The number of aromatic nitrogens is 2. The number of amides is 1. The van der Waals surface area contributed by atoms with Crippen LogP contribution < -0.4 is 5.32 Å². The Morgan fingerprint density at radius 1 is 1.40 bits per heavy atom. The summed E-state index contributed by atoms with van der Waals surface area (Å²) in [5, 5.41) is 6.95. The molecule has 2 aromatic rings. The van der Waals surface area contributed by atoms with E-state index in [-0.39, 0.29) is 11.9 Å². The average Bonchev–Trinajstić information content (AvgIpc) is 2.84. The summed E-state index contributed by atoms with van der Waals surface area (Å²) in [5.74, 6) is 0.338. The molecule has 2 atom stereocenters. The molecular formula is C14H17N3O2S. The Labute approximate surface area is 120 Å². The number of anilines is 1. The summed E-state index contributed by atoms with van der Waals surface area (Å²) in [6.07, 6.45) is 5.02. The zero-order valence-electron chi connectivity index (χ0n) is 11.4. The third-order valence-electron chi connectivity index (χ3n) is 2.82. The predicted octanol–water partition coefficient (Wildman–Crippen LogP) is 1.81. The van der Waals surface area contributed by atoms with Crippen LogP contribution in [0.4, 0.5) is 5.69 Å².